The van der Waals surface area contributed by atoms with Gasteiger partial charge in [-0.2, -0.15) is 0 Å². The molecule has 0 spiro atoms. The smallest absolute Gasteiger partial charge is 0.410 e. The standard InChI is InChI=1S/C29H45NO2/c1-7-32-27(31)30-17-16-29-14-9-8-10-24(29)26(30)18-22-11-12-23(19-25(22)29)28(5,6)15-13-21(4)20(2)3/h11-12,19-21,24,26H,7-10,13-18H2,1-6H3. The lowest BCUT2D eigenvalue weighted by Crippen LogP contribution is -2.62. The van der Waals surface area contributed by atoms with E-state index in [1.807, 2.05) is 6.92 Å². The molecule has 0 aromatic heterocycles. The number of ether oxygens (including phenoxy) is 1. The molecule has 2 fully saturated rings. The molecule has 0 radical (unpaired) electrons. The number of carbonyl (C=O) groups excluding carboxylic acids is 1. The lowest BCUT2D eigenvalue weighted by atomic mass is 9.52. The minimum absolute atomic E-state index is 0.0999. The maximum atomic E-state index is 12.7. The van der Waals surface area contributed by atoms with Gasteiger partial charge in [0.1, 0.15) is 0 Å². The summed E-state index contributed by atoms with van der Waals surface area (Å²) < 4.78 is 5.45. The predicted molar refractivity (Wildman–Crippen MR) is 132 cm³/mol. The monoisotopic (exact) mass is 439 g/mol. The number of likely N-dealkylation sites (tertiary alicyclic amines) is 1. The zero-order valence-corrected chi connectivity index (χ0v) is 21.4. The summed E-state index contributed by atoms with van der Waals surface area (Å²) in [5.74, 6) is 2.10. The van der Waals surface area contributed by atoms with Gasteiger partial charge in [-0.1, -0.05) is 65.7 Å². The van der Waals surface area contributed by atoms with Crippen molar-refractivity contribution in [2.45, 2.75) is 110 Å². The fourth-order valence-corrected chi connectivity index (χ4v) is 6.93. The highest BCUT2D eigenvalue weighted by Crippen LogP contribution is 2.56. The van der Waals surface area contributed by atoms with Gasteiger partial charge < -0.3 is 9.64 Å². The molecule has 1 saturated carbocycles. The number of fused-ring (bicyclic) bond motifs is 1. The second kappa shape index (κ2) is 9.03. The molecule has 1 saturated heterocycles. The Hall–Kier alpha value is -1.51. The van der Waals surface area contributed by atoms with E-state index in [0.29, 0.717) is 18.6 Å². The zero-order chi connectivity index (χ0) is 23.1. The molecule has 32 heavy (non-hydrogen) atoms. The summed E-state index contributed by atoms with van der Waals surface area (Å²) >= 11 is 0. The topological polar surface area (TPSA) is 29.5 Å². The quantitative estimate of drug-likeness (QED) is 0.467. The van der Waals surface area contributed by atoms with E-state index in [9.17, 15) is 4.79 Å². The molecule has 1 amide bonds. The highest BCUT2D eigenvalue weighted by atomic mass is 16.6. The molecule has 3 heteroatoms. The van der Waals surface area contributed by atoms with E-state index in [1.54, 1.807) is 5.56 Å². The number of nitrogens with zero attached hydrogens (tertiary/aromatic N) is 1. The van der Waals surface area contributed by atoms with E-state index in [0.717, 1.165) is 31.2 Å². The summed E-state index contributed by atoms with van der Waals surface area (Å²) in [5, 5.41) is 0. The Morgan fingerprint density at radius 2 is 2.00 bits per heavy atom. The van der Waals surface area contributed by atoms with Crippen LogP contribution in [0.15, 0.2) is 18.2 Å². The van der Waals surface area contributed by atoms with Gasteiger partial charge in [0.15, 0.2) is 0 Å². The Kier molecular flexibility index (Phi) is 6.67. The summed E-state index contributed by atoms with van der Waals surface area (Å²) in [5.41, 5.74) is 5.08. The number of carbonyl (C=O) groups is 1. The number of amides is 1. The van der Waals surface area contributed by atoms with Gasteiger partial charge in [0.25, 0.3) is 0 Å². The van der Waals surface area contributed by atoms with Crippen molar-refractivity contribution in [2.24, 2.45) is 17.8 Å². The van der Waals surface area contributed by atoms with Crippen LogP contribution < -0.4 is 0 Å². The van der Waals surface area contributed by atoms with Crippen molar-refractivity contribution >= 4 is 6.09 Å². The number of benzene rings is 1. The fraction of sp³-hybridized carbons (Fsp3) is 0.759. The van der Waals surface area contributed by atoms with Gasteiger partial charge in [-0.05, 0) is 85.3 Å². The van der Waals surface area contributed by atoms with E-state index < -0.39 is 0 Å². The third-order valence-electron chi connectivity index (χ3n) is 9.48. The van der Waals surface area contributed by atoms with Crippen LogP contribution in [0.5, 0.6) is 0 Å². The maximum absolute atomic E-state index is 12.7. The average molecular weight is 440 g/mol. The first-order valence-corrected chi connectivity index (χ1v) is 13.3. The Bertz CT molecular complexity index is 828. The van der Waals surface area contributed by atoms with E-state index in [1.165, 1.54) is 49.7 Å². The molecule has 2 aliphatic carbocycles. The van der Waals surface area contributed by atoms with E-state index in [-0.39, 0.29) is 16.9 Å². The molecule has 1 aliphatic heterocycles. The molecular weight excluding hydrogens is 394 g/mol. The molecular formula is C29H45NO2. The number of piperidine rings is 1. The van der Waals surface area contributed by atoms with Crippen LogP contribution in [-0.2, 0) is 22.0 Å². The Morgan fingerprint density at radius 1 is 1.22 bits per heavy atom. The summed E-state index contributed by atoms with van der Waals surface area (Å²) in [6.45, 7) is 15.2. The van der Waals surface area contributed by atoms with Crippen LogP contribution in [0.2, 0.25) is 0 Å². The first-order chi connectivity index (χ1) is 15.2. The lowest BCUT2D eigenvalue weighted by Gasteiger charge is -2.58. The Labute approximate surface area is 196 Å². The van der Waals surface area contributed by atoms with Crippen LogP contribution in [0.25, 0.3) is 0 Å². The van der Waals surface area contributed by atoms with Gasteiger partial charge in [-0.3, -0.25) is 0 Å². The number of rotatable bonds is 6. The average Bonchev–Trinajstić information content (AvgIpc) is 2.77. The maximum Gasteiger partial charge on any atom is 0.410 e. The molecule has 2 bridgehead atoms. The van der Waals surface area contributed by atoms with Crippen LogP contribution in [0.4, 0.5) is 4.79 Å². The molecule has 1 heterocycles. The minimum atomic E-state index is -0.0999. The summed E-state index contributed by atoms with van der Waals surface area (Å²) in [6, 6.07) is 7.71. The number of hydrogen-bond acceptors (Lipinski definition) is 2. The highest BCUT2D eigenvalue weighted by molar-refractivity contribution is 5.69. The predicted octanol–water partition coefficient (Wildman–Crippen LogP) is 7.25. The molecule has 4 unspecified atom stereocenters. The van der Waals surface area contributed by atoms with Crippen LogP contribution in [0.3, 0.4) is 0 Å². The Balaban J connectivity index is 1.66. The van der Waals surface area contributed by atoms with Crippen LogP contribution in [0, 0.1) is 17.8 Å². The molecule has 1 aromatic carbocycles. The van der Waals surface area contributed by atoms with Gasteiger partial charge in [0.05, 0.1) is 6.61 Å². The zero-order valence-electron chi connectivity index (χ0n) is 21.4. The third-order valence-corrected chi connectivity index (χ3v) is 9.48. The van der Waals surface area contributed by atoms with Crippen LogP contribution in [0.1, 0.15) is 103 Å². The first-order valence-electron chi connectivity index (χ1n) is 13.3. The molecule has 4 atom stereocenters. The van der Waals surface area contributed by atoms with Crippen molar-refractivity contribution in [3.05, 3.63) is 34.9 Å². The van der Waals surface area contributed by atoms with Crippen molar-refractivity contribution in [2.75, 3.05) is 13.2 Å². The second-order valence-corrected chi connectivity index (χ2v) is 11.9. The van der Waals surface area contributed by atoms with Crippen molar-refractivity contribution in [1.82, 2.24) is 4.90 Å². The van der Waals surface area contributed by atoms with Crippen molar-refractivity contribution in [1.29, 1.82) is 0 Å². The number of hydrogen-bond donors (Lipinski definition) is 0. The van der Waals surface area contributed by atoms with Crippen LogP contribution in [-0.4, -0.2) is 30.2 Å². The Morgan fingerprint density at radius 3 is 2.72 bits per heavy atom. The van der Waals surface area contributed by atoms with Gasteiger partial charge in [-0.15, -0.1) is 0 Å². The van der Waals surface area contributed by atoms with E-state index >= 15 is 0 Å². The highest BCUT2D eigenvalue weighted by Gasteiger charge is 2.55. The van der Waals surface area contributed by atoms with E-state index in [4.69, 9.17) is 4.74 Å². The van der Waals surface area contributed by atoms with Gasteiger partial charge in [0, 0.05) is 18.0 Å². The van der Waals surface area contributed by atoms with E-state index in [2.05, 4.69) is 57.7 Å². The van der Waals surface area contributed by atoms with Crippen molar-refractivity contribution in [3.63, 3.8) is 0 Å². The van der Waals surface area contributed by atoms with Crippen molar-refractivity contribution < 1.29 is 9.53 Å². The molecule has 3 aliphatic rings. The van der Waals surface area contributed by atoms with Crippen LogP contribution >= 0.6 is 0 Å². The first kappa shape index (κ1) is 23.6. The van der Waals surface area contributed by atoms with Crippen molar-refractivity contribution in [3.8, 4) is 0 Å². The summed E-state index contributed by atoms with van der Waals surface area (Å²) in [6.07, 6.45) is 9.66. The third kappa shape index (κ3) is 4.10. The lowest BCUT2D eigenvalue weighted by molar-refractivity contribution is -0.0109. The molecule has 0 N–H and O–H groups in total. The summed E-state index contributed by atoms with van der Waals surface area (Å²) in [7, 11) is 0. The SMILES string of the molecule is CCOC(=O)N1CCC23CCCCC2C1Cc1ccc(C(C)(C)CCC(C)C(C)C)cc13. The second-order valence-electron chi connectivity index (χ2n) is 11.9. The largest absolute Gasteiger partial charge is 0.450 e. The minimum Gasteiger partial charge on any atom is -0.450 e. The summed E-state index contributed by atoms with van der Waals surface area (Å²) in [4.78, 5) is 14.8. The van der Waals surface area contributed by atoms with Gasteiger partial charge >= 0.3 is 6.09 Å². The normalized spacial score (nSPS) is 28.2. The fourth-order valence-electron chi connectivity index (χ4n) is 6.93. The molecule has 1 aromatic rings. The molecule has 3 nitrogen and oxygen atoms in total. The molecule has 4 rings (SSSR count). The van der Waals surface area contributed by atoms with Gasteiger partial charge in [-0.25, -0.2) is 4.79 Å². The van der Waals surface area contributed by atoms with Gasteiger partial charge in [0.2, 0.25) is 0 Å². The molecule has 178 valence electrons.